The van der Waals surface area contributed by atoms with Gasteiger partial charge >= 0.3 is 0 Å². The number of aryl methyl sites for hydroxylation is 1. The normalized spacial score (nSPS) is 11.0. The number of aromatic nitrogens is 2. The molecule has 0 spiro atoms. The largest absolute Gasteiger partial charge is 0.356 e. The number of benzene rings is 1. The summed E-state index contributed by atoms with van der Waals surface area (Å²) in [5.41, 5.74) is 2.04. The van der Waals surface area contributed by atoms with Gasteiger partial charge in [-0.25, -0.2) is 4.98 Å². The first kappa shape index (κ1) is 14.4. The van der Waals surface area contributed by atoms with E-state index < -0.39 is 0 Å². The first-order valence-corrected chi connectivity index (χ1v) is 7.00. The molecule has 0 bridgehead atoms. The van der Waals surface area contributed by atoms with E-state index >= 15 is 0 Å². The molecule has 0 saturated heterocycles. The number of rotatable bonds is 6. The molecule has 0 aliphatic heterocycles. The van der Waals surface area contributed by atoms with Crippen LogP contribution in [0.3, 0.4) is 0 Å². The van der Waals surface area contributed by atoms with Gasteiger partial charge in [-0.2, -0.15) is 0 Å². The van der Waals surface area contributed by atoms with Crippen LogP contribution in [0.5, 0.6) is 0 Å². The van der Waals surface area contributed by atoms with Gasteiger partial charge in [-0.05, 0) is 18.1 Å². The molecule has 2 rings (SSSR count). The zero-order valence-corrected chi connectivity index (χ0v) is 12.3. The first-order valence-electron chi connectivity index (χ1n) is 7.00. The van der Waals surface area contributed by atoms with E-state index in [-0.39, 0.29) is 5.91 Å². The van der Waals surface area contributed by atoms with E-state index in [4.69, 9.17) is 0 Å². The Balaban J connectivity index is 1.87. The van der Waals surface area contributed by atoms with E-state index in [1.54, 1.807) is 0 Å². The number of imidazole rings is 1. The van der Waals surface area contributed by atoms with Crippen LogP contribution >= 0.6 is 0 Å². The fourth-order valence-corrected chi connectivity index (χ4v) is 2.00. The molecule has 2 aromatic rings. The number of nitrogens with one attached hydrogen (secondary N) is 2. The lowest BCUT2D eigenvalue weighted by molar-refractivity contribution is -0.120. The molecule has 1 amide bonds. The van der Waals surface area contributed by atoms with Crippen molar-refractivity contribution in [3.63, 3.8) is 0 Å². The molecule has 5 nitrogen and oxygen atoms in total. The molecule has 0 atom stereocenters. The maximum Gasteiger partial charge on any atom is 0.221 e. The molecule has 1 heterocycles. The van der Waals surface area contributed by atoms with Gasteiger partial charge in [0.1, 0.15) is 0 Å². The van der Waals surface area contributed by atoms with Crippen molar-refractivity contribution in [2.75, 3.05) is 18.4 Å². The number of carbonyl (C=O) groups is 1. The van der Waals surface area contributed by atoms with Gasteiger partial charge in [-0.15, -0.1) is 0 Å². The highest BCUT2D eigenvalue weighted by Crippen LogP contribution is 2.17. The summed E-state index contributed by atoms with van der Waals surface area (Å²) in [5.74, 6) is 1.35. The molecule has 0 saturated carbocycles. The van der Waals surface area contributed by atoms with Crippen LogP contribution < -0.4 is 10.6 Å². The van der Waals surface area contributed by atoms with Crippen LogP contribution in [0.15, 0.2) is 24.3 Å². The molecule has 0 unspecified atom stereocenters. The number of carbonyl (C=O) groups excluding carboxylic acids is 1. The number of para-hydroxylation sites is 2. The van der Waals surface area contributed by atoms with Crippen molar-refractivity contribution >= 4 is 22.9 Å². The highest BCUT2D eigenvalue weighted by Gasteiger charge is 2.07. The fourth-order valence-electron chi connectivity index (χ4n) is 2.00. The quantitative estimate of drug-likeness (QED) is 0.848. The third-order valence-electron chi connectivity index (χ3n) is 3.13. The van der Waals surface area contributed by atoms with Crippen LogP contribution in [0.4, 0.5) is 5.95 Å². The molecule has 108 valence electrons. The Morgan fingerprint density at radius 2 is 2.10 bits per heavy atom. The SMILES string of the molecule is CC(C)CNC(=O)CCNc1nc2ccccc2n1C. The van der Waals surface area contributed by atoms with Crippen LogP contribution in [0.25, 0.3) is 11.0 Å². The number of hydrogen-bond acceptors (Lipinski definition) is 3. The molecule has 20 heavy (non-hydrogen) atoms. The van der Waals surface area contributed by atoms with Gasteiger partial charge in [0.15, 0.2) is 0 Å². The Hall–Kier alpha value is -2.04. The Morgan fingerprint density at radius 3 is 2.80 bits per heavy atom. The van der Waals surface area contributed by atoms with Crippen molar-refractivity contribution in [2.45, 2.75) is 20.3 Å². The van der Waals surface area contributed by atoms with Crippen LogP contribution in [0, 0.1) is 5.92 Å². The standard InChI is InChI=1S/C15H22N4O/c1-11(2)10-17-14(20)8-9-16-15-18-12-6-4-5-7-13(12)19(15)3/h4-7,11H,8-10H2,1-3H3,(H,16,18)(H,17,20). The summed E-state index contributed by atoms with van der Waals surface area (Å²) in [6.45, 7) is 5.47. The van der Waals surface area contributed by atoms with Gasteiger partial charge in [0.2, 0.25) is 11.9 Å². The molecule has 2 N–H and O–H groups in total. The lowest BCUT2D eigenvalue weighted by Crippen LogP contribution is -2.28. The zero-order chi connectivity index (χ0) is 14.5. The van der Waals surface area contributed by atoms with E-state index in [9.17, 15) is 4.79 Å². The molecule has 1 aromatic carbocycles. The number of hydrogen-bond donors (Lipinski definition) is 2. The third-order valence-corrected chi connectivity index (χ3v) is 3.13. The fraction of sp³-hybridized carbons (Fsp3) is 0.467. The molecular formula is C15H22N4O. The highest BCUT2D eigenvalue weighted by atomic mass is 16.1. The van der Waals surface area contributed by atoms with Crippen molar-refractivity contribution in [1.82, 2.24) is 14.9 Å². The summed E-state index contributed by atoms with van der Waals surface area (Å²) in [6.07, 6.45) is 0.454. The van der Waals surface area contributed by atoms with E-state index in [1.165, 1.54) is 0 Å². The van der Waals surface area contributed by atoms with E-state index in [0.29, 0.717) is 18.9 Å². The smallest absolute Gasteiger partial charge is 0.221 e. The average molecular weight is 274 g/mol. The average Bonchev–Trinajstić information content (AvgIpc) is 2.74. The van der Waals surface area contributed by atoms with Crippen LogP contribution in [-0.4, -0.2) is 28.5 Å². The Labute approximate surface area is 119 Å². The lowest BCUT2D eigenvalue weighted by atomic mass is 10.2. The van der Waals surface area contributed by atoms with Gasteiger partial charge in [0, 0.05) is 26.6 Å². The van der Waals surface area contributed by atoms with E-state index in [1.807, 2.05) is 35.9 Å². The Morgan fingerprint density at radius 1 is 1.35 bits per heavy atom. The second-order valence-electron chi connectivity index (χ2n) is 5.36. The predicted molar refractivity (Wildman–Crippen MR) is 81.7 cm³/mol. The summed E-state index contributed by atoms with van der Waals surface area (Å²) in [6, 6.07) is 7.98. The van der Waals surface area contributed by atoms with Gasteiger partial charge in [-0.1, -0.05) is 26.0 Å². The monoisotopic (exact) mass is 274 g/mol. The lowest BCUT2D eigenvalue weighted by Gasteiger charge is -2.08. The molecule has 0 aliphatic carbocycles. The molecule has 0 radical (unpaired) electrons. The van der Waals surface area contributed by atoms with E-state index in [0.717, 1.165) is 23.5 Å². The number of nitrogens with zero attached hydrogens (tertiary/aromatic N) is 2. The number of anilines is 1. The van der Waals surface area contributed by atoms with Crippen molar-refractivity contribution in [3.05, 3.63) is 24.3 Å². The molecule has 0 fully saturated rings. The minimum absolute atomic E-state index is 0.0740. The molecule has 5 heteroatoms. The molecule has 1 aromatic heterocycles. The van der Waals surface area contributed by atoms with Crippen molar-refractivity contribution in [1.29, 1.82) is 0 Å². The Bertz CT molecular complexity index is 589. The number of amides is 1. The summed E-state index contributed by atoms with van der Waals surface area (Å²) in [4.78, 5) is 16.1. The summed E-state index contributed by atoms with van der Waals surface area (Å²) >= 11 is 0. The van der Waals surface area contributed by atoms with Crippen LogP contribution in [0.1, 0.15) is 20.3 Å². The summed E-state index contributed by atoms with van der Waals surface area (Å²) in [7, 11) is 1.97. The van der Waals surface area contributed by atoms with Gasteiger partial charge in [-0.3, -0.25) is 4.79 Å². The zero-order valence-electron chi connectivity index (χ0n) is 12.3. The molecular weight excluding hydrogens is 252 g/mol. The second kappa shape index (κ2) is 6.41. The number of fused-ring (bicyclic) bond motifs is 1. The molecule has 0 aliphatic rings. The minimum atomic E-state index is 0.0740. The van der Waals surface area contributed by atoms with Crippen LogP contribution in [-0.2, 0) is 11.8 Å². The highest BCUT2D eigenvalue weighted by molar-refractivity contribution is 5.79. The maximum atomic E-state index is 11.6. The van der Waals surface area contributed by atoms with Crippen molar-refractivity contribution in [2.24, 2.45) is 13.0 Å². The van der Waals surface area contributed by atoms with Gasteiger partial charge in [0.25, 0.3) is 0 Å². The Kier molecular flexibility index (Phi) is 4.61. The topological polar surface area (TPSA) is 59.0 Å². The summed E-state index contributed by atoms with van der Waals surface area (Å²) < 4.78 is 2.00. The first-order chi connectivity index (χ1) is 9.58. The second-order valence-corrected chi connectivity index (χ2v) is 5.36. The third kappa shape index (κ3) is 3.50. The maximum absolute atomic E-state index is 11.6. The minimum Gasteiger partial charge on any atom is -0.356 e. The predicted octanol–water partition coefficient (Wildman–Crippen LogP) is 2.15. The van der Waals surface area contributed by atoms with Gasteiger partial charge < -0.3 is 15.2 Å². The summed E-state index contributed by atoms with van der Waals surface area (Å²) in [5, 5.41) is 6.12. The van der Waals surface area contributed by atoms with E-state index in [2.05, 4.69) is 29.5 Å². The van der Waals surface area contributed by atoms with Crippen LogP contribution in [0.2, 0.25) is 0 Å². The van der Waals surface area contributed by atoms with Gasteiger partial charge in [0.05, 0.1) is 11.0 Å². The van der Waals surface area contributed by atoms with Crippen molar-refractivity contribution < 1.29 is 4.79 Å². The van der Waals surface area contributed by atoms with Crippen molar-refractivity contribution in [3.8, 4) is 0 Å².